The molecule has 50 heavy (non-hydrogen) atoms. The molecular weight excluding hydrogens is 623 g/mol. The summed E-state index contributed by atoms with van der Waals surface area (Å²) in [6, 6.07) is 20.8. The Kier molecular flexibility index (Phi) is 13.5. The molecule has 0 atom stereocenters. The first kappa shape index (κ1) is 34.9. The third kappa shape index (κ3) is 10.5. The molecule has 10 nitrogen and oxygen atoms in total. The predicted octanol–water partition coefficient (Wildman–Crippen LogP) is 5.11. The fraction of sp³-hybridized carbons (Fsp3) is 0.350. The van der Waals surface area contributed by atoms with Gasteiger partial charge in [0.05, 0.1) is 17.6 Å². The number of fused-ring (bicyclic) bond motifs is 5. The van der Waals surface area contributed by atoms with Gasteiger partial charge in [-0.1, -0.05) is 30.3 Å². The molecule has 0 bridgehead atoms. The van der Waals surface area contributed by atoms with E-state index < -0.39 is 0 Å². The van der Waals surface area contributed by atoms with Gasteiger partial charge in [0.25, 0.3) is 0 Å². The van der Waals surface area contributed by atoms with E-state index in [2.05, 4.69) is 89.0 Å². The van der Waals surface area contributed by atoms with Gasteiger partial charge in [0.1, 0.15) is 6.61 Å². The molecule has 0 saturated carbocycles. The Bertz CT molecular complexity index is 1340. The Morgan fingerprint density at radius 2 is 1.14 bits per heavy atom. The molecule has 0 radical (unpaired) electrons. The quantitative estimate of drug-likeness (QED) is 0.152. The topological polar surface area (TPSA) is 121 Å². The van der Waals surface area contributed by atoms with E-state index in [1.165, 1.54) is 64.0 Å². The van der Waals surface area contributed by atoms with E-state index in [1.807, 2.05) is 49.2 Å². The molecule has 0 spiro atoms. The second kappa shape index (κ2) is 19.3. The van der Waals surface area contributed by atoms with E-state index in [1.54, 1.807) is 6.20 Å². The van der Waals surface area contributed by atoms with Crippen molar-refractivity contribution < 1.29 is 4.74 Å². The summed E-state index contributed by atoms with van der Waals surface area (Å²) >= 11 is 0. The lowest BCUT2D eigenvalue weighted by molar-refractivity contribution is 0.310. The van der Waals surface area contributed by atoms with Crippen molar-refractivity contribution in [1.29, 1.82) is 0 Å². The largest absolute Gasteiger partial charge is 0.474 e. The summed E-state index contributed by atoms with van der Waals surface area (Å²) in [6.07, 6.45) is 17.0. The number of anilines is 2. The predicted molar refractivity (Wildman–Crippen MR) is 200 cm³/mol. The lowest BCUT2D eigenvalue weighted by Crippen LogP contribution is -2.24. The van der Waals surface area contributed by atoms with Crippen LogP contribution in [0.4, 0.5) is 11.4 Å². The normalized spacial score (nSPS) is 15.9. The van der Waals surface area contributed by atoms with Crippen molar-refractivity contribution in [3.05, 3.63) is 137 Å². The first-order valence-corrected chi connectivity index (χ1v) is 17.9. The Morgan fingerprint density at radius 3 is 1.92 bits per heavy atom. The van der Waals surface area contributed by atoms with E-state index in [0.717, 1.165) is 70.9 Å². The van der Waals surface area contributed by atoms with Crippen LogP contribution in [0.1, 0.15) is 45.5 Å². The van der Waals surface area contributed by atoms with Crippen LogP contribution in [-0.2, 0) is 45.3 Å². The monoisotopic (exact) mass is 671 g/mol. The Labute approximate surface area is 296 Å². The van der Waals surface area contributed by atoms with Gasteiger partial charge in [-0.25, -0.2) is 4.98 Å². The molecule has 1 aromatic carbocycles. The van der Waals surface area contributed by atoms with Crippen molar-refractivity contribution in [2.45, 2.75) is 51.7 Å². The van der Waals surface area contributed by atoms with Crippen LogP contribution in [0.5, 0.6) is 5.88 Å². The van der Waals surface area contributed by atoms with Crippen LogP contribution < -0.4 is 31.3 Å². The van der Waals surface area contributed by atoms with Gasteiger partial charge >= 0.3 is 0 Å². The zero-order chi connectivity index (χ0) is 34.1. The van der Waals surface area contributed by atoms with Crippen LogP contribution in [0.25, 0.3) is 0 Å². The van der Waals surface area contributed by atoms with Gasteiger partial charge in [0.2, 0.25) is 5.88 Å². The lowest BCUT2D eigenvalue weighted by atomic mass is 10.0. The van der Waals surface area contributed by atoms with Crippen molar-refractivity contribution in [2.24, 2.45) is 0 Å². The standard InChI is InChI=1S/C9H11N.3C8H10N2.C7H8N2O/c1-2-4-9-7-10-6-5-8(9)3-1;1-3-9-5-8-6-10-4-2-7(1)8;1-2-7-6-9-5-3-8(7)10-4-1;1-2-7-3-5-9-6-8(7)10-4-1;1-2-6-7(9-3-1)10-5-4-8-6/h1-4,10H,5-7H2;1,3,5,10H,2,4,6H2;1-2,4,9H,3,5-6H2;3,5-6,10H,1-2,4H2;1-3,8H,4-5H2. The van der Waals surface area contributed by atoms with E-state index in [9.17, 15) is 0 Å². The van der Waals surface area contributed by atoms with Gasteiger partial charge in [0.15, 0.2) is 0 Å². The molecule has 0 aliphatic carbocycles. The molecule has 0 unspecified atom stereocenters. The Balaban J connectivity index is 0.000000108. The number of hydrogen-bond acceptors (Lipinski definition) is 10. The minimum absolute atomic E-state index is 0.712. The van der Waals surface area contributed by atoms with E-state index in [-0.39, 0.29) is 0 Å². The average molecular weight is 672 g/mol. The van der Waals surface area contributed by atoms with Crippen LogP contribution >= 0.6 is 0 Å². The fourth-order valence-electron chi connectivity index (χ4n) is 6.29. The number of pyridine rings is 4. The third-order valence-corrected chi connectivity index (χ3v) is 9.01. The van der Waals surface area contributed by atoms with Crippen molar-refractivity contribution in [2.75, 3.05) is 50.0 Å². The van der Waals surface area contributed by atoms with Crippen LogP contribution in [0.3, 0.4) is 0 Å². The minimum Gasteiger partial charge on any atom is -0.474 e. The van der Waals surface area contributed by atoms with Gasteiger partial charge in [-0.05, 0) is 102 Å². The van der Waals surface area contributed by atoms with E-state index >= 15 is 0 Å². The molecule has 10 heteroatoms. The second-order valence-electron chi connectivity index (χ2n) is 12.5. The van der Waals surface area contributed by atoms with Crippen LogP contribution in [-0.4, -0.2) is 59.3 Å². The van der Waals surface area contributed by atoms with Gasteiger partial charge < -0.3 is 31.3 Å². The lowest BCUT2D eigenvalue weighted by Gasteiger charge is -2.16. The highest BCUT2D eigenvalue weighted by Crippen LogP contribution is 2.22. The number of hydrogen-bond donors (Lipinski definition) is 5. The second-order valence-corrected chi connectivity index (χ2v) is 12.5. The molecular formula is C40H49N9O. The number of aryl methyl sites for hydroxylation is 1. The molecule has 5 aromatic rings. The van der Waals surface area contributed by atoms with Gasteiger partial charge in [-0.15, -0.1) is 0 Å². The number of nitrogens with zero attached hydrogens (tertiary/aromatic N) is 4. The number of aromatic nitrogens is 4. The van der Waals surface area contributed by atoms with Crippen molar-refractivity contribution >= 4 is 11.4 Å². The molecule has 260 valence electrons. The average Bonchev–Trinajstić information content (AvgIpc) is 3.22. The van der Waals surface area contributed by atoms with Gasteiger partial charge in [-0.3, -0.25) is 15.0 Å². The number of nitrogens with one attached hydrogen (secondary N) is 5. The summed E-state index contributed by atoms with van der Waals surface area (Å²) < 4.78 is 5.25. The van der Waals surface area contributed by atoms with Crippen molar-refractivity contribution in [1.82, 2.24) is 35.9 Å². The first-order valence-electron chi connectivity index (χ1n) is 17.9. The first-order chi connectivity index (χ1) is 24.8. The molecule has 4 aromatic heterocycles. The molecule has 0 saturated heterocycles. The maximum atomic E-state index is 5.25. The minimum atomic E-state index is 0.712. The van der Waals surface area contributed by atoms with Gasteiger partial charge in [-0.2, -0.15) is 0 Å². The number of benzene rings is 1. The number of rotatable bonds is 0. The fourth-order valence-corrected chi connectivity index (χ4v) is 6.29. The van der Waals surface area contributed by atoms with E-state index in [4.69, 9.17) is 4.74 Å². The van der Waals surface area contributed by atoms with Crippen LogP contribution in [0.2, 0.25) is 0 Å². The zero-order valence-electron chi connectivity index (χ0n) is 28.8. The summed E-state index contributed by atoms with van der Waals surface area (Å²) in [7, 11) is 0. The molecule has 9 heterocycles. The van der Waals surface area contributed by atoms with Crippen LogP contribution in [0.15, 0.2) is 97.8 Å². The Morgan fingerprint density at radius 1 is 0.480 bits per heavy atom. The van der Waals surface area contributed by atoms with Crippen LogP contribution in [0, 0.1) is 0 Å². The Hall–Kier alpha value is -4.90. The summed E-state index contributed by atoms with van der Waals surface area (Å²) in [5.41, 5.74) is 12.0. The molecule has 0 amide bonds. The summed E-state index contributed by atoms with van der Waals surface area (Å²) in [5.74, 6) is 0.716. The van der Waals surface area contributed by atoms with Crippen molar-refractivity contribution in [3.63, 3.8) is 0 Å². The zero-order valence-corrected chi connectivity index (χ0v) is 28.8. The highest BCUT2D eigenvalue weighted by molar-refractivity contribution is 5.53. The highest BCUT2D eigenvalue weighted by Gasteiger charge is 2.09. The molecule has 5 aliphatic heterocycles. The summed E-state index contributed by atoms with van der Waals surface area (Å²) in [4.78, 5) is 16.4. The number of ether oxygens (including phenoxy) is 1. The summed E-state index contributed by atoms with van der Waals surface area (Å²) in [6.45, 7) is 9.03. The molecule has 10 rings (SSSR count). The molecule has 5 aliphatic rings. The van der Waals surface area contributed by atoms with E-state index in [0.29, 0.717) is 12.5 Å². The highest BCUT2D eigenvalue weighted by atomic mass is 16.5. The summed E-state index contributed by atoms with van der Waals surface area (Å²) in [5, 5.41) is 16.4. The molecule has 0 fully saturated rings. The maximum absolute atomic E-state index is 5.25. The molecule has 5 N–H and O–H groups in total. The van der Waals surface area contributed by atoms with Crippen molar-refractivity contribution in [3.8, 4) is 5.88 Å². The SMILES string of the molecule is c1cc2c(cn1)CNCC2.c1cc2c(cn1)NCCC2.c1ccc2c(c1)CCNC2.c1cnc2c(c1)CNCC2.c1cnc2c(c1)NCCO2. The van der Waals surface area contributed by atoms with Gasteiger partial charge in [0, 0.05) is 82.4 Å². The smallest absolute Gasteiger partial charge is 0.237 e. The maximum Gasteiger partial charge on any atom is 0.237 e. The third-order valence-electron chi connectivity index (χ3n) is 9.01.